The Morgan fingerprint density at radius 1 is 1.07 bits per heavy atom. The molecule has 158 valence electrons. The van der Waals surface area contributed by atoms with Crippen LogP contribution in [0.25, 0.3) is 0 Å². The van der Waals surface area contributed by atoms with Crippen LogP contribution in [-0.2, 0) is 27.3 Å². The van der Waals surface area contributed by atoms with Crippen LogP contribution in [0, 0.1) is 11.7 Å². The monoisotopic (exact) mass is 410 g/mol. The van der Waals surface area contributed by atoms with Gasteiger partial charge in [0.05, 0.1) is 19.1 Å². The fourth-order valence-corrected chi connectivity index (χ4v) is 3.74. The molecule has 0 radical (unpaired) electrons. The van der Waals surface area contributed by atoms with E-state index in [2.05, 4.69) is 5.32 Å². The van der Waals surface area contributed by atoms with Gasteiger partial charge in [-0.25, -0.2) is 4.39 Å². The van der Waals surface area contributed by atoms with Crippen LogP contribution >= 0.6 is 0 Å². The van der Waals surface area contributed by atoms with Gasteiger partial charge in [0.2, 0.25) is 11.8 Å². The second kappa shape index (κ2) is 9.39. The highest BCUT2D eigenvalue weighted by Crippen LogP contribution is 2.33. The minimum atomic E-state index is -0.310. The molecular formula is C24H27FN2O3. The minimum Gasteiger partial charge on any atom is -0.376 e. The average molecular weight is 410 g/mol. The van der Waals surface area contributed by atoms with Crippen molar-refractivity contribution in [2.45, 2.75) is 44.8 Å². The second-order valence-electron chi connectivity index (χ2n) is 8.11. The molecule has 1 N–H and O–H groups in total. The summed E-state index contributed by atoms with van der Waals surface area (Å²) in [4.78, 5) is 26.7. The van der Waals surface area contributed by atoms with Crippen molar-refractivity contribution >= 4 is 17.5 Å². The number of carbonyl (C=O) groups excluding carboxylic acids is 2. The SMILES string of the molecule is O=C(Cc1ccc(N(Cc2cccc(F)c2)C(=O)C2CC2)cc1)NC[C@@H]1CCCO1. The summed E-state index contributed by atoms with van der Waals surface area (Å²) in [5.41, 5.74) is 2.40. The molecule has 1 saturated carbocycles. The van der Waals surface area contributed by atoms with Crippen molar-refractivity contribution < 1.29 is 18.7 Å². The van der Waals surface area contributed by atoms with Gasteiger partial charge in [-0.05, 0) is 61.1 Å². The number of ether oxygens (including phenoxy) is 1. The maximum atomic E-state index is 13.6. The fourth-order valence-electron chi connectivity index (χ4n) is 3.74. The highest BCUT2D eigenvalue weighted by molar-refractivity contribution is 5.96. The third-order valence-corrected chi connectivity index (χ3v) is 5.59. The van der Waals surface area contributed by atoms with Gasteiger partial charge in [-0.1, -0.05) is 24.3 Å². The normalized spacial score (nSPS) is 18.2. The molecule has 2 aromatic carbocycles. The third kappa shape index (κ3) is 5.45. The molecule has 0 spiro atoms. The number of carbonyl (C=O) groups is 2. The molecule has 1 aliphatic carbocycles. The summed E-state index contributed by atoms with van der Waals surface area (Å²) < 4.78 is 19.1. The van der Waals surface area contributed by atoms with Gasteiger partial charge in [-0.3, -0.25) is 9.59 Å². The first-order chi connectivity index (χ1) is 14.6. The highest BCUT2D eigenvalue weighted by atomic mass is 19.1. The van der Waals surface area contributed by atoms with Crippen LogP contribution in [0.5, 0.6) is 0 Å². The van der Waals surface area contributed by atoms with Crippen LogP contribution in [0.15, 0.2) is 48.5 Å². The Labute approximate surface area is 176 Å². The highest BCUT2D eigenvalue weighted by Gasteiger charge is 2.34. The van der Waals surface area contributed by atoms with E-state index in [1.54, 1.807) is 11.0 Å². The number of rotatable bonds is 8. The first-order valence-corrected chi connectivity index (χ1v) is 10.6. The number of nitrogens with one attached hydrogen (secondary N) is 1. The van der Waals surface area contributed by atoms with Gasteiger partial charge in [0.1, 0.15) is 5.82 Å². The molecule has 1 aliphatic heterocycles. The number of benzene rings is 2. The number of hydrogen-bond acceptors (Lipinski definition) is 3. The zero-order valence-electron chi connectivity index (χ0n) is 17.0. The standard InChI is InChI=1S/C24H27FN2O3/c25-20-4-1-3-18(13-20)16-27(24(29)19-8-9-19)21-10-6-17(7-11-21)14-23(28)26-15-22-5-2-12-30-22/h1,3-4,6-7,10-11,13,19,22H,2,5,8-9,12,14-16H2,(H,26,28)/t22-/m0/s1. The van der Waals surface area contributed by atoms with E-state index in [0.717, 1.165) is 49.1 Å². The van der Waals surface area contributed by atoms with Gasteiger partial charge >= 0.3 is 0 Å². The van der Waals surface area contributed by atoms with E-state index in [-0.39, 0.29) is 36.1 Å². The van der Waals surface area contributed by atoms with Gasteiger partial charge in [0.25, 0.3) is 0 Å². The summed E-state index contributed by atoms with van der Waals surface area (Å²) in [5, 5.41) is 2.93. The van der Waals surface area contributed by atoms with Crippen molar-refractivity contribution in [1.29, 1.82) is 0 Å². The lowest BCUT2D eigenvalue weighted by Gasteiger charge is -2.23. The Bertz CT molecular complexity index is 890. The number of hydrogen-bond donors (Lipinski definition) is 1. The van der Waals surface area contributed by atoms with Gasteiger partial charge in [-0.2, -0.15) is 0 Å². The number of halogens is 1. The smallest absolute Gasteiger partial charge is 0.230 e. The van der Waals surface area contributed by atoms with Crippen molar-refractivity contribution in [2.75, 3.05) is 18.1 Å². The number of anilines is 1. The van der Waals surface area contributed by atoms with Gasteiger partial charge in [0.15, 0.2) is 0 Å². The Kier molecular flexibility index (Phi) is 6.43. The molecule has 1 heterocycles. The quantitative estimate of drug-likeness (QED) is 0.723. The summed E-state index contributed by atoms with van der Waals surface area (Å²) in [7, 11) is 0. The van der Waals surface area contributed by atoms with Gasteiger partial charge < -0.3 is 15.0 Å². The number of amides is 2. The topological polar surface area (TPSA) is 58.6 Å². The van der Waals surface area contributed by atoms with Crippen LogP contribution in [0.4, 0.5) is 10.1 Å². The fraction of sp³-hybridized carbons (Fsp3) is 0.417. The van der Waals surface area contributed by atoms with Crippen LogP contribution in [0.1, 0.15) is 36.8 Å². The van der Waals surface area contributed by atoms with Crippen molar-refractivity contribution in [3.8, 4) is 0 Å². The molecule has 30 heavy (non-hydrogen) atoms. The Morgan fingerprint density at radius 2 is 1.87 bits per heavy atom. The zero-order chi connectivity index (χ0) is 20.9. The molecule has 4 rings (SSSR count). The molecule has 5 nitrogen and oxygen atoms in total. The molecule has 1 atom stereocenters. The van der Waals surface area contributed by atoms with Crippen LogP contribution in [-0.4, -0.2) is 31.1 Å². The lowest BCUT2D eigenvalue weighted by molar-refractivity contribution is -0.121. The lowest BCUT2D eigenvalue weighted by atomic mass is 10.1. The van der Waals surface area contributed by atoms with E-state index in [4.69, 9.17) is 4.74 Å². The largest absolute Gasteiger partial charge is 0.376 e. The zero-order valence-corrected chi connectivity index (χ0v) is 17.0. The van der Waals surface area contributed by atoms with Crippen molar-refractivity contribution in [3.63, 3.8) is 0 Å². The van der Waals surface area contributed by atoms with E-state index in [1.807, 2.05) is 30.3 Å². The molecule has 2 aliphatic rings. The van der Waals surface area contributed by atoms with Crippen molar-refractivity contribution in [3.05, 3.63) is 65.5 Å². The minimum absolute atomic E-state index is 0.0380. The summed E-state index contributed by atoms with van der Waals surface area (Å²) >= 11 is 0. The summed E-state index contributed by atoms with van der Waals surface area (Å²) in [6.45, 7) is 1.65. The molecule has 1 saturated heterocycles. The maximum Gasteiger partial charge on any atom is 0.230 e. The summed E-state index contributed by atoms with van der Waals surface area (Å²) in [6, 6.07) is 13.8. The third-order valence-electron chi connectivity index (χ3n) is 5.59. The van der Waals surface area contributed by atoms with Crippen LogP contribution in [0.2, 0.25) is 0 Å². The van der Waals surface area contributed by atoms with E-state index in [0.29, 0.717) is 13.1 Å². The van der Waals surface area contributed by atoms with E-state index in [1.165, 1.54) is 12.1 Å². The second-order valence-corrected chi connectivity index (χ2v) is 8.11. The molecule has 2 aromatic rings. The molecule has 0 bridgehead atoms. The number of nitrogens with zero attached hydrogens (tertiary/aromatic N) is 1. The molecule has 0 aromatic heterocycles. The van der Waals surface area contributed by atoms with E-state index < -0.39 is 0 Å². The van der Waals surface area contributed by atoms with Crippen LogP contribution in [0.3, 0.4) is 0 Å². The molecule has 2 amide bonds. The van der Waals surface area contributed by atoms with Crippen LogP contribution < -0.4 is 10.2 Å². The summed E-state index contributed by atoms with van der Waals surface area (Å²) in [5.74, 6) is -0.220. The Hall–Kier alpha value is -2.73. The molecule has 2 fully saturated rings. The van der Waals surface area contributed by atoms with E-state index in [9.17, 15) is 14.0 Å². The average Bonchev–Trinajstić information content (AvgIpc) is 3.46. The maximum absolute atomic E-state index is 13.6. The Morgan fingerprint density at radius 3 is 2.53 bits per heavy atom. The van der Waals surface area contributed by atoms with Gasteiger partial charge in [0, 0.05) is 24.8 Å². The lowest BCUT2D eigenvalue weighted by Crippen LogP contribution is -2.33. The van der Waals surface area contributed by atoms with Crippen molar-refractivity contribution in [1.82, 2.24) is 5.32 Å². The molecule has 0 unspecified atom stereocenters. The molecular weight excluding hydrogens is 383 g/mol. The predicted molar refractivity (Wildman–Crippen MR) is 112 cm³/mol. The first-order valence-electron chi connectivity index (χ1n) is 10.6. The van der Waals surface area contributed by atoms with E-state index >= 15 is 0 Å². The van der Waals surface area contributed by atoms with Gasteiger partial charge in [-0.15, -0.1) is 0 Å². The first kappa shape index (κ1) is 20.5. The summed E-state index contributed by atoms with van der Waals surface area (Å²) in [6.07, 6.45) is 4.26. The molecule has 6 heteroatoms. The predicted octanol–water partition coefficient (Wildman–Crippen LogP) is 3.61. The van der Waals surface area contributed by atoms with Crippen molar-refractivity contribution in [2.24, 2.45) is 5.92 Å². The Balaban J connectivity index is 1.40.